The number of carbonyl (C=O) groups is 1. The van der Waals surface area contributed by atoms with E-state index >= 15 is 0 Å². The molecule has 2 atom stereocenters. The number of carboxylic acids is 1. The smallest absolute Gasteiger partial charge is 0.320 e. The summed E-state index contributed by atoms with van der Waals surface area (Å²) in [5.74, 6) is -0.895. The largest absolute Gasteiger partial charge is 0.480 e. The molecule has 0 aromatic heterocycles. The predicted molar refractivity (Wildman–Crippen MR) is 39.3 cm³/mol. The van der Waals surface area contributed by atoms with E-state index in [1.54, 1.807) is 0 Å². The molecule has 0 aliphatic rings. The first-order chi connectivity index (χ1) is 4.18. The van der Waals surface area contributed by atoms with Gasteiger partial charge in [-0.25, -0.2) is 0 Å². The maximum Gasteiger partial charge on any atom is 0.320 e. The third-order valence-electron chi connectivity index (χ3n) is 1.02. The maximum absolute atomic E-state index is 10.1. The Morgan fingerprint density at radius 3 is 2.78 bits per heavy atom. The zero-order valence-corrected chi connectivity index (χ0v) is 6.42. The van der Waals surface area contributed by atoms with Gasteiger partial charge < -0.3 is 10.8 Å². The zero-order valence-electron chi connectivity index (χ0n) is 5.42. The first kappa shape index (κ1) is 8.86. The minimum atomic E-state index is -0.895. The summed E-state index contributed by atoms with van der Waals surface area (Å²) in [5.41, 5.74) is 5.21. The summed E-state index contributed by atoms with van der Waals surface area (Å²) < 4.78 is 0. The molecule has 54 valence electrons. The van der Waals surface area contributed by atoms with E-state index in [9.17, 15) is 4.79 Å². The van der Waals surface area contributed by atoms with Crippen molar-refractivity contribution in [3.05, 3.63) is 0 Å². The molecule has 0 rings (SSSR count). The lowest BCUT2D eigenvalue weighted by atomic mass is 10.2. The summed E-state index contributed by atoms with van der Waals surface area (Å²) in [4.78, 5) is 10.1. The van der Waals surface area contributed by atoms with E-state index in [-0.39, 0.29) is 0 Å². The second-order valence-electron chi connectivity index (χ2n) is 1.84. The van der Waals surface area contributed by atoms with Crippen LogP contribution in [-0.4, -0.2) is 29.9 Å². The monoisotopic (exact) mass is 149 g/mol. The van der Waals surface area contributed by atoms with Crippen LogP contribution in [0.15, 0.2) is 0 Å². The van der Waals surface area contributed by atoms with Gasteiger partial charge >= 0.3 is 5.97 Å². The minimum absolute atomic E-state index is 0.601. The molecule has 0 aliphatic carbocycles. The predicted octanol–water partition coefficient (Wildman–Crippen LogP) is 0.0967. The number of hydrogen-bond acceptors (Lipinski definition) is 2. The molecule has 0 spiro atoms. The van der Waals surface area contributed by atoms with Gasteiger partial charge in [0.15, 0.2) is 0 Å². The molecule has 0 saturated carbocycles. The first-order valence-electron chi connectivity index (χ1n) is 2.81. The van der Waals surface area contributed by atoms with Gasteiger partial charge in [0.05, 0.1) is 0 Å². The van der Waals surface area contributed by atoms with Gasteiger partial charge in [0.1, 0.15) is 6.04 Å². The maximum atomic E-state index is 10.1. The summed E-state index contributed by atoms with van der Waals surface area (Å²) in [5, 5.41) is 8.29. The lowest BCUT2D eigenvalue weighted by molar-refractivity contribution is -0.138. The van der Waals surface area contributed by atoms with Crippen LogP contribution in [-0.2, 0) is 4.79 Å². The molecule has 1 unspecified atom stereocenters. The van der Waals surface area contributed by atoms with E-state index in [2.05, 4.69) is 0 Å². The van der Waals surface area contributed by atoms with Gasteiger partial charge in [-0.1, -0.05) is 0 Å². The number of nitrogens with two attached hydrogens (primary N) is 1. The van der Waals surface area contributed by atoms with Crippen molar-refractivity contribution in [2.45, 2.75) is 12.5 Å². The van der Waals surface area contributed by atoms with Crippen molar-refractivity contribution in [3.63, 3.8) is 0 Å². The van der Waals surface area contributed by atoms with E-state index in [1.807, 2.05) is 6.66 Å². The summed E-state index contributed by atoms with van der Waals surface area (Å²) in [6.45, 7) is 2.04. The number of carboxylic acid groups (broad SMARTS) is 1. The molecule has 0 bridgehead atoms. The Balaban J connectivity index is 3.27. The number of hydrogen-bond donors (Lipinski definition) is 2. The molecule has 0 radical (unpaired) electrons. The third kappa shape index (κ3) is 4.37. The molecule has 0 saturated heterocycles. The van der Waals surface area contributed by atoms with Crippen molar-refractivity contribution in [1.29, 1.82) is 0 Å². The van der Waals surface area contributed by atoms with Crippen molar-refractivity contribution < 1.29 is 9.90 Å². The zero-order chi connectivity index (χ0) is 7.28. The van der Waals surface area contributed by atoms with Gasteiger partial charge in [-0.3, -0.25) is 4.79 Å². The van der Waals surface area contributed by atoms with Gasteiger partial charge in [0.25, 0.3) is 0 Å². The molecule has 0 amide bonds. The summed E-state index contributed by atoms with van der Waals surface area (Å²) >= 11 is 0. The second kappa shape index (κ2) is 4.71. The topological polar surface area (TPSA) is 63.3 Å². The van der Waals surface area contributed by atoms with Crippen LogP contribution in [0.25, 0.3) is 0 Å². The molecule has 0 aliphatic heterocycles. The van der Waals surface area contributed by atoms with Gasteiger partial charge in [0.2, 0.25) is 0 Å². The van der Waals surface area contributed by atoms with Gasteiger partial charge in [-0.2, -0.15) is 0 Å². The van der Waals surface area contributed by atoms with Crippen LogP contribution < -0.4 is 5.73 Å². The number of aliphatic carboxylic acids is 1. The highest BCUT2D eigenvalue weighted by Gasteiger charge is 2.08. The normalized spacial score (nSPS) is 14.4. The van der Waals surface area contributed by atoms with Gasteiger partial charge in [-0.15, -0.1) is 8.58 Å². The molecule has 3 nitrogen and oxygen atoms in total. The highest BCUT2D eigenvalue weighted by molar-refractivity contribution is 7.36. The fraction of sp³-hybridized carbons (Fsp3) is 0.800. The molecular weight excluding hydrogens is 137 g/mol. The average molecular weight is 149 g/mol. The summed E-state index contributed by atoms with van der Waals surface area (Å²) in [6.07, 6.45) is 1.53. The lowest BCUT2D eigenvalue weighted by Crippen LogP contribution is -2.30. The first-order valence-corrected chi connectivity index (χ1v) is 4.52. The molecule has 3 N–H and O–H groups in total. The lowest BCUT2D eigenvalue weighted by Gasteiger charge is -2.02. The van der Waals surface area contributed by atoms with Crippen LogP contribution in [0.2, 0.25) is 0 Å². The van der Waals surface area contributed by atoms with Crippen LogP contribution in [0.3, 0.4) is 0 Å². The Kier molecular flexibility index (Phi) is 4.64. The van der Waals surface area contributed by atoms with E-state index in [1.165, 1.54) is 0 Å². The van der Waals surface area contributed by atoms with Crippen molar-refractivity contribution in [1.82, 2.24) is 0 Å². The van der Waals surface area contributed by atoms with Crippen LogP contribution >= 0.6 is 8.58 Å². The van der Waals surface area contributed by atoms with Gasteiger partial charge in [-0.05, 0) is 19.2 Å². The SMILES string of the molecule is CPCC[C@H](N)C(=O)O. The standard InChI is InChI=1S/C5H12NO2P/c1-9-3-2-4(6)5(7)8/h4,9H,2-3,6H2,1H3,(H,7,8)/t4-/m0/s1. The Labute approximate surface area is 56.4 Å². The molecule has 9 heavy (non-hydrogen) atoms. The van der Waals surface area contributed by atoms with E-state index < -0.39 is 12.0 Å². The number of rotatable bonds is 4. The fourth-order valence-corrected chi connectivity index (χ4v) is 1.02. The second-order valence-corrected chi connectivity index (χ2v) is 3.04. The van der Waals surface area contributed by atoms with Crippen molar-refractivity contribution in [3.8, 4) is 0 Å². The average Bonchev–Trinajstić information content (AvgIpc) is 1.82. The van der Waals surface area contributed by atoms with Crippen LogP contribution in [0.1, 0.15) is 6.42 Å². The Bertz CT molecular complexity index is 97.0. The molecule has 0 aromatic carbocycles. The molecule has 0 fully saturated rings. The quantitative estimate of drug-likeness (QED) is 0.557. The molecule has 4 heteroatoms. The van der Waals surface area contributed by atoms with E-state index in [0.717, 1.165) is 14.7 Å². The van der Waals surface area contributed by atoms with Crippen LogP contribution in [0.5, 0.6) is 0 Å². The highest BCUT2D eigenvalue weighted by Crippen LogP contribution is 2.04. The van der Waals surface area contributed by atoms with Crippen molar-refractivity contribution >= 4 is 14.6 Å². The van der Waals surface area contributed by atoms with Crippen molar-refractivity contribution in [2.24, 2.45) is 5.73 Å². The van der Waals surface area contributed by atoms with Crippen LogP contribution in [0.4, 0.5) is 0 Å². The summed E-state index contributed by atoms with van der Waals surface area (Å²) in [6, 6.07) is -0.655. The summed E-state index contributed by atoms with van der Waals surface area (Å²) in [7, 11) is 0.800. The fourth-order valence-electron chi connectivity index (χ4n) is 0.423. The highest BCUT2D eigenvalue weighted by atomic mass is 31.1. The third-order valence-corrected chi connectivity index (χ3v) is 1.81. The molecule has 0 aromatic rings. The Morgan fingerprint density at radius 2 is 2.44 bits per heavy atom. The van der Waals surface area contributed by atoms with Gasteiger partial charge in [0, 0.05) is 0 Å². The Morgan fingerprint density at radius 1 is 1.89 bits per heavy atom. The van der Waals surface area contributed by atoms with E-state index in [4.69, 9.17) is 10.8 Å². The minimum Gasteiger partial charge on any atom is -0.480 e. The van der Waals surface area contributed by atoms with E-state index in [0.29, 0.717) is 6.42 Å². The van der Waals surface area contributed by atoms with Crippen LogP contribution in [0, 0.1) is 0 Å². The molecular formula is C5H12NO2P. The Hall–Kier alpha value is -0.140. The molecule has 0 heterocycles. The van der Waals surface area contributed by atoms with Crippen molar-refractivity contribution in [2.75, 3.05) is 12.8 Å².